The Balaban J connectivity index is 2.05. The van der Waals surface area contributed by atoms with Crippen LogP contribution >= 0.6 is 23.4 Å². The molecule has 82 valence electrons. The maximum absolute atomic E-state index is 9.10. The van der Waals surface area contributed by atoms with Gasteiger partial charge in [0.2, 0.25) is 0 Å². The fourth-order valence-electron chi connectivity index (χ4n) is 1.74. The van der Waals surface area contributed by atoms with Gasteiger partial charge in [-0.1, -0.05) is 11.6 Å². The number of hydrogen-bond donors (Lipinski definition) is 2. The van der Waals surface area contributed by atoms with E-state index in [4.69, 9.17) is 22.4 Å². The monoisotopic (exact) mass is 243 g/mol. The molecule has 1 fully saturated rings. The second kappa shape index (κ2) is 4.34. The fraction of sp³-hybridized carbons (Fsp3) is 0.455. The van der Waals surface area contributed by atoms with E-state index in [1.54, 1.807) is 11.8 Å². The quantitative estimate of drug-likeness (QED) is 0.852. The number of rotatable bonds is 4. The topological polar surface area (TPSA) is 46.2 Å². The van der Waals surface area contributed by atoms with E-state index in [0.29, 0.717) is 12.5 Å². The lowest BCUT2D eigenvalue weighted by Gasteiger charge is -2.13. The molecule has 1 aliphatic carbocycles. The van der Waals surface area contributed by atoms with Gasteiger partial charge in [0.05, 0.1) is 0 Å². The maximum Gasteiger partial charge on any atom is 0.0473 e. The molecule has 2 nitrogen and oxygen atoms in total. The number of nitrogens with two attached hydrogens (primary N) is 1. The zero-order valence-electron chi connectivity index (χ0n) is 8.32. The minimum atomic E-state index is 0.0581. The first-order chi connectivity index (χ1) is 7.20. The van der Waals surface area contributed by atoms with Crippen LogP contribution < -0.4 is 5.73 Å². The van der Waals surface area contributed by atoms with Crippen molar-refractivity contribution in [2.45, 2.75) is 16.1 Å². The normalized spacial score (nSPS) is 29.1. The first kappa shape index (κ1) is 11.3. The summed E-state index contributed by atoms with van der Waals surface area (Å²) in [7, 11) is 0. The van der Waals surface area contributed by atoms with Crippen LogP contribution in [0.25, 0.3) is 0 Å². The molecule has 0 saturated heterocycles. The van der Waals surface area contributed by atoms with E-state index >= 15 is 0 Å². The predicted molar refractivity (Wildman–Crippen MR) is 64.3 cm³/mol. The lowest BCUT2D eigenvalue weighted by Crippen LogP contribution is -2.21. The summed E-state index contributed by atoms with van der Waals surface area (Å²) in [4.78, 5) is 1.17. The number of aliphatic hydroxyl groups is 1. The largest absolute Gasteiger partial charge is 0.396 e. The average Bonchev–Trinajstić information content (AvgIpc) is 2.96. The lowest BCUT2D eigenvalue weighted by molar-refractivity contribution is 0.272. The third kappa shape index (κ3) is 2.31. The van der Waals surface area contributed by atoms with Crippen molar-refractivity contribution in [3.63, 3.8) is 0 Å². The van der Waals surface area contributed by atoms with Gasteiger partial charge in [0.1, 0.15) is 0 Å². The molecule has 15 heavy (non-hydrogen) atoms. The molecule has 3 N–H and O–H groups in total. The molecule has 0 spiro atoms. The highest BCUT2D eigenvalue weighted by molar-refractivity contribution is 8.01. The summed E-state index contributed by atoms with van der Waals surface area (Å²) >= 11 is 7.57. The highest BCUT2D eigenvalue weighted by atomic mass is 35.5. The predicted octanol–water partition coefficient (Wildman–Crippen LogP) is 2.14. The molecule has 0 bridgehead atoms. The molecule has 0 heterocycles. The summed E-state index contributed by atoms with van der Waals surface area (Å²) in [6.07, 6.45) is 1.01. The van der Waals surface area contributed by atoms with Crippen molar-refractivity contribution in [3.05, 3.63) is 29.3 Å². The molecule has 1 saturated carbocycles. The Hall–Kier alpha value is -0.220. The molecule has 1 aromatic rings. The van der Waals surface area contributed by atoms with Gasteiger partial charge in [-0.05, 0) is 36.6 Å². The summed E-state index contributed by atoms with van der Waals surface area (Å²) < 4.78 is 0.0581. The summed E-state index contributed by atoms with van der Waals surface area (Å²) in [5.74, 6) is 0.350. The number of thioether (sulfide) groups is 1. The second-order valence-electron chi connectivity index (χ2n) is 3.91. The molecular weight excluding hydrogens is 230 g/mol. The molecule has 0 aliphatic heterocycles. The molecule has 1 aromatic carbocycles. The van der Waals surface area contributed by atoms with E-state index in [2.05, 4.69) is 0 Å². The summed E-state index contributed by atoms with van der Waals surface area (Å²) in [6.45, 7) is 0.851. The van der Waals surface area contributed by atoms with E-state index in [9.17, 15) is 0 Å². The molecule has 1 aliphatic rings. The highest BCUT2D eigenvalue weighted by Gasteiger charge is 2.53. The van der Waals surface area contributed by atoms with Gasteiger partial charge < -0.3 is 10.8 Å². The van der Waals surface area contributed by atoms with Gasteiger partial charge in [-0.15, -0.1) is 11.8 Å². The first-order valence-corrected chi connectivity index (χ1v) is 6.15. The lowest BCUT2D eigenvalue weighted by atomic mass is 10.3. The summed E-state index contributed by atoms with van der Waals surface area (Å²) in [5.41, 5.74) is 5.75. The zero-order valence-corrected chi connectivity index (χ0v) is 9.89. The average molecular weight is 244 g/mol. The second-order valence-corrected chi connectivity index (χ2v) is 5.83. The highest BCUT2D eigenvalue weighted by Crippen LogP contribution is 2.55. The van der Waals surface area contributed by atoms with E-state index in [0.717, 1.165) is 11.4 Å². The SMILES string of the molecule is NCC1(Sc2ccc(Cl)cc2)CC1CO. The zero-order chi connectivity index (χ0) is 10.9. The van der Waals surface area contributed by atoms with Crippen LogP contribution in [0.1, 0.15) is 6.42 Å². The number of halogens is 1. The molecule has 0 radical (unpaired) electrons. The molecule has 0 aromatic heterocycles. The van der Waals surface area contributed by atoms with E-state index < -0.39 is 0 Å². The van der Waals surface area contributed by atoms with Crippen molar-refractivity contribution in [1.29, 1.82) is 0 Å². The van der Waals surface area contributed by atoms with Gasteiger partial charge in [-0.25, -0.2) is 0 Å². The molecule has 2 unspecified atom stereocenters. The Morgan fingerprint density at radius 1 is 1.47 bits per heavy atom. The third-order valence-corrected chi connectivity index (χ3v) is 4.71. The van der Waals surface area contributed by atoms with E-state index in [1.807, 2.05) is 24.3 Å². The van der Waals surface area contributed by atoms with Crippen LogP contribution in [0.15, 0.2) is 29.2 Å². The van der Waals surface area contributed by atoms with Gasteiger partial charge in [-0.2, -0.15) is 0 Å². The number of hydrogen-bond acceptors (Lipinski definition) is 3. The van der Waals surface area contributed by atoms with Crippen molar-refractivity contribution in [1.82, 2.24) is 0 Å². The van der Waals surface area contributed by atoms with Gasteiger partial charge in [0.25, 0.3) is 0 Å². The Morgan fingerprint density at radius 2 is 2.13 bits per heavy atom. The van der Waals surface area contributed by atoms with Gasteiger partial charge >= 0.3 is 0 Å². The Labute approximate surface area is 98.8 Å². The van der Waals surface area contributed by atoms with Gasteiger partial charge in [0.15, 0.2) is 0 Å². The van der Waals surface area contributed by atoms with Crippen LogP contribution in [0.2, 0.25) is 5.02 Å². The van der Waals surface area contributed by atoms with Crippen molar-refractivity contribution < 1.29 is 5.11 Å². The van der Waals surface area contributed by atoms with Crippen LogP contribution in [-0.4, -0.2) is 23.0 Å². The van der Waals surface area contributed by atoms with Crippen LogP contribution in [0.5, 0.6) is 0 Å². The van der Waals surface area contributed by atoms with Crippen molar-refractivity contribution in [3.8, 4) is 0 Å². The number of benzene rings is 1. The molecule has 4 heteroatoms. The van der Waals surface area contributed by atoms with Crippen LogP contribution in [0.3, 0.4) is 0 Å². The van der Waals surface area contributed by atoms with Crippen molar-refractivity contribution >= 4 is 23.4 Å². The smallest absolute Gasteiger partial charge is 0.0473 e. The fourth-order valence-corrected chi connectivity index (χ4v) is 3.22. The summed E-state index contributed by atoms with van der Waals surface area (Å²) in [6, 6.07) is 7.75. The van der Waals surface area contributed by atoms with E-state index in [-0.39, 0.29) is 11.4 Å². The van der Waals surface area contributed by atoms with Gasteiger partial charge in [-0.3, -0.25) is 0 Å². The summed E-state index contributed by atoms with van der Waals surface area (Å²) in [5, 5.41) is 9.85. The number of aliphatic hydroxyl groups excluding tert-OH is 1. The Bertz CT molecular complexity index is 343. The van der Waals surface area contributed by atoms with E-state index in [1.165, 1.54) is 4.90 Å². The molecule has 2 rings (SSSR count). The van der Waals surface area contributed by atoms with Crippen LogP contribution in [0.4, 0.5) is 0 Å². The Morgan fingerprint density at radius 3 is 2.60 bits per heavy atom. The molecule has 2 atom stereocenters. The molecular formula is C11H14ClNOS. The minimum absolute atomic E-state index is 0.0581. The van der Waals surface area contributed by atoms with Gasteiger partial charge in [0, 0.05) is 27.8 Å². The molecule has 0 amide bonds. The van der Waals surface area contributed by atoms with Crippen LogP contribution in [0, 0.1) is 5.92 Å². The third-order valence-electron chi connectivity index (χ3n) is 2.88. The Kier molecular flexibility index (Phi) is 3.26. The maximum atomic E-state index is 9.10. The van der Waals surface area contributed by atoms with Crippen molar-refractivity contribution in [2.75, 3.05) is 13.2 Å². The standard InChI is InChI=1S/C11H14ClNOS/c12-9-1-3-10(4-2-9)15-11(7-13)5-8(11)6-14/h1-4,8,14H,5-7,13H2. The minimum Gasteiger partial charge on any atom is -0.396 e. The van der Waals surface area contributed by atoms with Crippen molar-refractivity contribution in [2.24, 2.45) is 11.7 Å². The van der Waals surface area contributed by atoms with Crippen LogP contribution in [-0.2, 0) is 0 Å². The first-order valence-electron chi connectivity index (χ1n) is 4.96.